The largest absolute Gasteiger partial charge is 0.347 e. The van der Waals surface area contributed by atoms with Gasteiger partial charge in [-0.1, -0.05) is 6.08 Å². The summed E-state index contributed by atoms with van der Waals surface area (Å²) in [5, 5.41) is 0. The van der Waals surface area contributed by atoms with E-state index in [9.17, 15) is 4.79 Å². The first kappa shape index (κ1) is 12.6. The van der Waals surface area contributed by atoms with Gasteiger partial charge in [-0.05, 0) is 30.5 Å². The average molecular weight is 261 g/mol. The van der Waals surface area contributed by atoms with Gasteiger partial charge >= 0.3 is 0 Å². The van der Waals surface area contributed by atoms with Crippen molar-refractivity contribution in [1.29, 1.82) is 0 Å². The van der Waals surface area contributed by atoms with Gasteiger partial charge < -0.3 is 14.0 Å². The lowest BCUT2D eigenvalue weighted by Gasteiger charge is -2.30. The Hall–Kier alpha value is -1.39. The molecule has 0 saturated carbocycles. The van der Waals surface area contributed by atoms with Crippen molar-refractivity contribution in [1.82, 2.24) is 4.57 Å². The van der Waals surface area contributed by atoms with Crippen molar-refractivity contribution >= 4 is 5.57 Å². The number of allylic oxidation sites excluding steroid dienone is 1. The minimum atomic E-state index is -0.372. The van der Waals surface area contributed by atoms with Gasteiger partial charge in [0.1, 0.15) is 0 Å². The molecule has 1 aliphatic carbocycles. The number of aromatic nitrogens is 1. The number of ether oxygens (including phenoxy) is 2. The second kappa shape index (κ2) is 4.94. The molecule has 0 N–H and O–H groups in total. The van der Waals surface area contributed by atoms with E-state index in [-0.39, 0.29) is 11.3 Å². The third-order valence-corrected chi connectivity index (χ3v) is 3.94. The van der Waals surface area contributed by atoms with Crippen LogP contribution in [0.1, 0.15) is 31.7 Å². The zero-order valence-electron chi connectivity index (χ0n) is 11.2. The van der Waals surface area contributed by atoms with Crippen LogP contribution in [0.3, 0.4) is 0 Å². The van der Waals surface area contributed by atoms with Crippen molar-refractivity contribution in [2.24, 2.45) is 0 Å². The van der Waals surface area contributed by atoms with Crippen molar-refractivity contribution in [2.45, 2.75) is 38.5 Å². The predicted molar refractivity (Wildman–Crippen MR) is 72.8 cm³/mol. The van der Waals surface area contributed by atoms with Gasteiger partial charge in [0.15, 0.2) is 5.79 Å². The van der Waals surface area contributed by atoms with Crippen LogP contribution in [0.4, 0.5) is 0 Å². The molecule has 0 bridgehead atoms. The van der Waals surface area contributed by atoms with Crippen molar-refractivity contribution in [2.75, 3.05) is 13.2 Å². The topological polar surface area (TPSA) is 40.5 Å². The molecule has 0 amide bonds. The molecule has 4 nitrogen and oxygen atoms in total. The third kappa shape index (κ3) is 2.38. The number of rotatable bonds is 2. The summed E-state index contributed by atoms with van der Waals surface area (Å²) in [6, 6.07) is 3.56. The molecule has 1 saturated heterocycles. The summed E-state index contributed by atoms with van der Waals surface area (Å²) in [4.78, 5) is 11.6. The fraction of sp³-hybridized carbons (Fsp3) is 0.533. The number of hydrogen-bond donors (Lipinski definition) is 0. The van der Waals surface area contributed by atoms with E-state index in [0.29, 0.717) is 19.8 Å². The zero-order valence-corrected chi connectivity index (χ0v) is 11.2. The smallest absolute Gasteiger partial charge is 0.250 e. The Kier molecular flexibility index (Phi) is 3.29. The molecule has 19 heavy (non-hydrogen) atoms. The van der Waals surface area contributed by atoms with E-state index in [2.05, 4.69) is 6.08 Å². The van der Waals surface area contributed by atoms with E-state index >= 15 is 0 Å². The summed E-state index contributed by atoms with van der Waals surface area (Å²) in [5.74, 6) is -0.372. The van der Waals surface area contributed by atoms with Gasteiger partial charge in [0.05, 0.1) is 13.2 Å². The van der Waals surface area contributed by atoms with Gasteiger partial charge in [0.25, 0.3) is 5.56 Å². The maximum Gasteiger partial charge on any atom is 0.250 e. The number of pyridine rings is 1. The van der Waals surface area contributed by atoms with E-state index in [4.69, 9.17) is 9.47 Å². The van der Waals surface area contributed by atoms with Gasteiger partial charge in [0, 0.05) is 31.6 Å². The zero-order chi connectivity index (χ0) is 13.3. The summed E-state index contributed by atoms with van der Waals surface area (Å²) in [6.45, 7) is 4.08. The van der Waals surface area contributed by atoms with Gasteiger partial charge in [-0.2, -0.15) is 0 Å². The highest BCUT2D eigenvalue weighted by atomic mass is 16.7. The summed E-state index contributed by atoms with van der Waals surface area (Å²) < 4.78 is 13.2. The Bertz CT molecular complexity index is 553. The highest BCUT2D eigenvalue weighted by molar-refractivity contribution is 5.65. The Labute approximate surface area is 112 Å². The normalized spacial score (nSPS) is 21.6. The Morgan fingerprint density at radius 2 is 2.11 bits per heavy atom. The van der Waals surface area contributed by atoms with Crippen molar-refractivity contribution in [3.8, 4) is 0 Å². The lowest BCUT2D eigenvalue weighted by Crippen LogP contribution is -2.31. The van der Waals surface area contributed by atoms with Crippen LogP contribution in [0.2, 0.25) is 0 Å². The minimum absolute atomic E-state index is 0.0570. The fourth-order valence-corrected chi connectivity index (χ4v) is 2.80. The SMILES string of the molecule is CCn1cc(C2=CCC3(CC2)OCCO3)ccc1=O. The van der Waals surface area contributed by atoms with Gasteiger partial charge in [-0.3, -0.25) is 4.79 Å². The second-order valence-corrected chi connectivity index (χ2v) is 5.08. The van der Waals surface area contributed by atoms with Crippen LogP contribution >= 0.6 is 0 Å². The molecule has 1 aromatic heterocycles. The predicted octanol–water partition coefficient (Wildman–Crippen LogP) is 2.18. The lowest BCUT2D eigenvalue weighted by molar-refractivity contribution is -0.159. The van der Waals surface area contributed by atoms with E-state index in [0.717, 1.165) is 24.8 Å². The first-order chi connectivity index (χ1) is 9.22. The third-order valence-electron chi connectivity index (χ3n) is 3.94. The molecule has 0 unspecified atom stereocenters. The standard InChI is InChI=1S/C15H19NO3/c1-2-16-11-13(3-4-14(16)17)12-5-7-15(8-6-12)18-9-10-19-15/h3-5,11H,2,6-10H2,1H3. The molecule has 2 aliphatic rings. The molecule has 1 aliphatic heterocycles. The van der Waals surface area contributed by atoms with E-state index in [1.165, 1.54) is 5.57 Å². The van der Waals surface area contributed by atoms with E-state index < -0.39 is 0 Å². The van der Waals surface area contributed by atoms with Crippen molar-refractivity contribution < 1.29 is 9.47 Å². The van der Waals surface area contributed by atoms with Crippen LogP contribution in [-0.4, -0.2) is 23.6 Å². The fourth-order valence-electron chi connectivity index (χ4n) is 2.80. The van der Waals surface area contributed by atoms with Gasteiger partial charge in [-0.25, -0.2) is 0 Å². The molecule has 1 fully saturated rings. The number of hydrogen-bond acceptors (Lipinski definition) is 3. The molecular formula is C15H19NO3. The van der Waals surface area contributed by atoms with Gasteiger partial charge in [-0.15, -0.1) is 0 Å². The van der Waals surface area contributed by atoms with Crippen LogP contribution in [0.5, 0.6) is 0 Å². The second-order valence-electron chi connectivity index (χ2n) is 5.08. The molecule has 0 aromatic carbocycles. The summed E-state index contributed by atoms with van der Waals surface area (Å²) in [7, 11) is 0. The summed E-state index contributed by atoms with van der Waals surface area (Å²) in [6.07, 6.45) is 6.76. The van der Waals surface area contributed by atoms with Crippen LogP contribution in [0, 0.1) is 0 Å². The van der Waals surface area contributed by atoms with Crippen LogP contribution in [0.15, 0.2) is 29.2 Å². The maximum absolute atomic E-state index is 11.6. The molecule has 1 aromatic rings. The van der Waals surface area contributed by atoms with E-state index in [1.54, 1.807) is 10.6 Å². The summed E-state index contributed by atoms with van der Waals surface area (Å²) in [5.41, 5.74) is 2.47. The molecule has 2 heterocycles. The van der Waals surface area contributed by atoms with Gasteiger partial charge in [0.2, 0.25) is 0 Å². The molecular weight excluding hydrogens is 242 g/mol. The van der Waals surface area contributed by atoms with Crippen molar-refractivity contribution in [3.63, 3.8) is 0 Å². The molecule has 0 atom stereocenters. The number of aryl methyl sites for hydroxylation is 1. The molecule has 3 rings (SSSR count). The monoisotopic (exact) mass is 261 g/mol. The average Bonchev–Trinajstić information content (AvgIpc) is 2.89. The summed E-state index contributed by atoms with van der Waals surface area (Å²) >= 11 is 0. The maximum atomic E-state index is 11.6. The minimum Gasteiger partial charge on any atom is -0.347 e. The van der Waals surface area contributed by atoms with E-state index in [1.807, 2.05) is 19.2 Å². The molecule has 0 radical (unpaired) electrons. The quantitative estimate of drug-likeness (QED) is 0.819. The Morgan fingerprint density at radius 1 is 1.32 bits per heavy atom. The first-order valence-corrected chi connectivity index (χ1v) is 6.90. The van der Waals surface area contributed by atoms with Crippen LogP contribution < -0.4 is 5.56 Å². The first-order valence-electron chi connectivity index (χ1n) is 6.90. The van der Waals surface area contributed by atoms with Crippen LogP contribution in [0.25, 0.3) is 5.57 Å². The highest BCUT2D eigenvalue weighted by Crippen LogP contribution is 2.37. The van der Waals surface area contributed by atoms with Crippen LogP contribution in [-0.2, 0) is 16.0 Å². The Morgan fingerprint density at radius 3 is 2.74 bits per heavy atom. The number of nitrogens with zero attached hydrogens (tertiary/aromatic N) is 1. The Balaban J connectivity index is 1.84. The lowest BCUT2D eigenvalue weighted by atomic mass is 9.90. The molecule has 1 spiro atoms. The molecule has 102 valence electrons. The van der Waals surface area contributed by atoms with Crippen molar-refractivity contribution in [3.05, 3.63) is 40.3 Å². The molecule has 4 heteroatoms. The highest BCUT2D eigenvalue weighted by Gasteiger charge is 2.37.